The van der Waals surface area contributed by atoms with Crippen molar-refractivity contribution in [2.24, 2.45) is 0 Å². The van der Waals surface area contributed by atoms with Crippen LogP contribution in [0.15, 0.2) is 46.0 Å². The van der Waals surface area contributed by atoms with E-state index in [-0.39, 0.29) is 10.9 Å². The van der Waals surface area contributed by atoms with Gasteiger partial charge in [-0.2, -0.15) is 0 Å². The van der Waals surface area contributed by atoms with E-state index < -0.39 is 9.84 Å². The lowest BCUT2D eigenvalue weighted by Gasteiger charge is -2.07. The van der Waals surface area contributed by atoms with E-state index in [0.29, 0.717) is 21.4 Å². The number of halogens is 1. The lowest BCUT2D eigenvalue weighted by Crippen LogP contribution is -2.12. The Hall–Kier alpha value is -1.93. The Kier molecular flexibility index (Phi) is 4.29. The number of hydrogen-bond donors (Lipinski definition) is 2. The van der Waals surface area contributed by atoms with E-state index in [0.717, 1.165) is 6.26 Å². The van der Waals surface area contributed by atoms with E-state index in [1.165, 1.54) is 24.4 Å². The highest BCUT2D eigenvalue weighted by Gasteiger charge is 2.11. The molecule has 0 saturated heterocycles. The monoisotopic (exact) mass is 369 g/mol. The molecule has 1 aromatic carbocycles. The van der Waals surface area contributed by atoms with Crippen molar-refractivity contribution >= 4 is 43.0 Å². The quantitative estimate of drug-likeness (QED) is 0.806. The zero-order valence-electron chi connectivity index (χ0n) is 11.0. The fourth-order valence-electron chi connectivity index (χ4n) is 1.56. The van der Waals surface area contributed by atoms with Gasteiger partial charge in [0.05, 0.1) is 11.9 Å². The summed E-state index contributed by atoms with van der Waals surface area (Å²) >= 11 is 3.25. The van der Waals surface area contributed by atoms with Crippen molar-refractivity contribution < 1.29 is 13.2 Å². The molecule has 2 aromatic rings. The number of amides is 1. The Balaban J connectivity index is 2.18. The van der Waals surface area contributed by atoms with Crippen molar-refractivity contribution in [1.82, 2.24) is 4.98 Å². The Bertz CT molecular complexity index is 789. The molecule has 110 valence electrons. The average Bonchev–Trinajstić information content (AvgIpc) is 2.41. The molecule has 1 heterocycles. The number of pyridine rings is 1. The normalized spacial score (nSPS) is 11.1. The van der Waals surface area contributed by atoms with Crippen LogP contribution in [0, 0.1) is 0 Å². The first-order chi connectivity index (χ1) is 9.77. The maximum absolute atomic E-state index is 12.0. The number of carbonyl (C=O) groups excluding carboxylic acids is 1. The maximum atomic E-state index is 12.0. The van der Waals surface area contributed by atoms with E-state index in [2.05, 4.69) is 26.2 Å². The molecule has 8 heteroatoms. The van der Waals surface area contributed by atoms with Gasteiger partial charge in [-0.1, -0.05) is 0 Å². The summed E-state index contributed by atoms with van der Waals surface area (Å²) in [5.41, 5.74) is 6.95. The van der Waals surface area contributed by atoms with Crippen LogP contribution in [-0.4, -0.2) is 25.6 Å². The number of nitrogen functional groups attached to an aromatic ring is 1. The third-order valence-electron chi connectivity index (χ3n) is 2.63. The van der Waals surface area contributed by atoms with Gasteiger partial charge in [0.2, 0.25) is 0 Å². The summed E-state index contributed by atoms with van der Waals surface area (Å²) in [6.07, 6.45) is 2.36. The van der Waals surface area contributed by atoms with Crippen LogP contribution < -0.4 is 11.1 Å². The Morgan fingerprint density at radius 3 is 2.52 bits per heavy atom. The number of hydrogen-bond acceptors (Lipinski definition) is 5. The number of carbonyl (C=O) groups is 1. The van der Waals surface area contributed by atoms with Gasteiger partial charge in [0.25, 0.3) is 5.91 Å². The zero-order chi connectivity index (χ0) is 15.6. The molecule has 0 saturated carbocycles. The van der Waals surface area contributed by atoms with Gasteiger partial charge in [-0.05, 0) is 46.3 Å². The molecule has 0 aliphatic rings. The molecule has 1 amide bonds. The second-order valence-electron chi connectivity index (χ2n) is 4.35. The number of anilines is 2. The number of rotatable bonds is 3. The lowest BCUT2D eigenvalue weighted by molar-refractivity contribution is 0.102. The number of nitrogens with two attached hydrogens (primary N) is 1. The molecular formula is C13H12BrN3O3S. The van der Waals surface area contributed by atoms with Gasteiger partial charge < -0.3 is 11.1 Å². The molecular weight excluding hydrogens is 358 g/mol. The third kappa shape index (κ3) is 3.79. The highest BCUT2D eigenvalue weighted by Crippen LogP contribution is 2.21. The fraction of sp³-hybridized carbons (Fsp3) is 0.0769. The first kappa shape index (κ1) is 15.5. The SMILES string of the molecule is CS(=O)(=O)c1ccc(NC(=O)c2ccc(Br)c(N)c2)cn1. The largest absolute Gasteiger partial charge is 0.398 e. The van der Waals surface area contributed by atoms with Crippen molar-refractivity contribution in [3.05, 3.63) is 46.6 Å². The number of nitrogens with zero attached hydrogens (tertiary/aromatic N) is 1. The molecule has 0 radical (unpaired) electrons. The Labute approximate surface area is 130 Å². The van der Waals surface area contributed by atoms with Crippen molar-refractivity contribution in [3.8, 4) is 0 Å². The predicted molar refractivity (Wildman–Crippen MR) is 83.9 cm³/mol. The summed E-state index contributed by atoms with van der Waals surface area (Å²) < 4.78 is 23.3. The minimum absolute atomic E-state index is 0.0478. The van der Waals surface area contributed by atoms with Crippen LogP contribution in [0.25, 0.3) is 0 Å². The van der Waals surface area contributed by atoms with Gasteiger partial charge in [-0.15, -0.1) is 0 Å². The van der Waals surface area contributed by atoms with Gasteiger partial charge in [0.15, 0.2) is 14.9 Å². The van der Waals surface area contributed by atoms with Crippen LogP contribution in [0.5, 0.6) is 0 Å². The van der Waals surface area contributed by atoms with Crippen LogP contribution in [0.3, 0.4) is 0 Å². The Morgan fingerprint density at radius 2 is 2.00 bits per heavy atom. The second-order valence-corrected chi connectivity index (χ2v) is 7.16. The van der Waals surface area contributed by atoms with Gasteiger partial charge in [0.1, 0.15) is 0 Å². The summed E-state index contributed by atoms with van der Waals surface area (Å²) in [6.45, 7) is 0. The van der Waals surface area contributed by atoms with E-state index >= 15 is 0 Å². The molecule has 0 bridgehead atoms. The number of benzene rings is 1. The molecule has 0 fully saturated rings. The molecule has 6 nitrogen and oxygen atoms in total. The fourth-order valence-corrected chi connectivity index (χ4v) is 2.37. The van der Waals surface area contributed by atoms with Crippen LogP contribution in [-0.2, 0) is 9.84 Å². The summed E-state index contributed by atoms with van der Waals surface area (Å²) in [5, 5.41) is 2.57. The second kappa shape index (κ2) is 5.82. The molecule has 0 atom stereocenters. The minimum atomic E-state index is -3.36. The molecule has 0 aliphatic heterocycles. The molecule has 1 aromatic heterocycles. The van der Waals surface area contributed by atoms with E-state index in [1.807, 2.05) is 0 Å². The van der Waals surface area contributed by atoms with Gasteiger partial charge in [-0.3, -0.25) is 4.79 Å². The van der Waals surface area contributed by atoms with E-state index in [4.69, 9.17) is 5.73 Å². The van der Waals surface area contributed by atoms with E-state index in [1.54, 1.807) is 12.1 Å². The molecule has 21 heavy (non-hydrogen) atoms. The molecule has 2 rings (SSSR count). The van der Waals surface area contributed by atoms with Gasteiger partial charge >= 0.3 is 0 Å². The van der Waals surface area contributed by atoms with E-state index in [9.17, 15) is 13.2 Å². The van der Waals surface area contributed by atoms with Gasteiger partial charge in [0, 0.05) is 22.0 Å². The molecule has 0 aliphatic carbocycles. The molecule has 0 unspecified atom stereocenters. The minimum Gasteiger partial charge on any atom is -0.398 e. The number of nitrogens with one attached hydrogen (secondary N) is 1. The summed E-state index contributed by atoms with van der Waals surface area (Å²) in [6, 6.07) is 7.64. The van der Waals surface area contributed by atoms with Gasteiger partial charge in [-0.25, -0.2) is 13.4 Å². The number of sulfone groups is 1. The lowest BCUT2D eigenvalue weighted by atomic mass is 10.2. The molecule has 0 spiro atoms. The third-order valence-corrected chi connectivity index (χ3v) is 4.36. The molecule has 3 N–H and O–H groups in total. The first-order valence-corrected chi connectivity index (χ1v) is 8.48. The summed E-state index contributed by atoms with van der Waals surface area (Å²) in [7, 11) is -3.36. The predicted octanol–water partition coefficient (Wildman–Crippen LogP) is 2.08. The van der Waals surface area contributed by atoms with Crippen molar-refractivity contribution in [1.29, 1.82) is 0 Å². The smallest absolute Gasteiger partial charge is 0.255 e. The van der Waals surface area contributed by atoms with Crippen LogP contribution in [0.4, 0.5) is 11.4 Å². The van der Waals surface area contributed by atoms with Crippen molar-refractivity contribution in [2.45, 2.75) is 5.03 Å². The summed E-state index contributed by atoms with van der Waals surface area (Å²) in [5.74, 6) is -0.358. The topological polar surface area (TPSA) is 102 Å². The van der Waals surface area contributed by atoms with Crippen LogP contribution >= 0.6 is 15.9 Å². The highest BCUT2D eigenvalue weighted by atomic mass is 79.9. The Morgan fingerprint density at radius 1 is 1.29 bits per heavy atom. The van der Waals surface area contributed by atoms with Crippen molar-refractivity contribution in [3.63, 3.8) is 0 Å². The van der Waals surface area contributed by atoms with Crippen LogP contribution in [0.1, 0.15) is 10.4 Å². The number of aromatic nitrogens is 1. The zero-order valence-corrected chi connectivity index (χ0v) is 13.4. The summed E-state index contributed by atoms with van der Waals surface area (Å²) in [4.78, 5) is 15.8. The van der Waals surface area contributed by atoms with Crippen LogP contribution in [0.2, 0.25) is 0 Å². The average molecular weight is 370 g/mol. The van der Waals surface area contributed by atoms with Crippen molar-refractivity contribution in [2.75, 3.05) is 17.3 Å². The highest BCUT2D eigenvalue weighted by molar-refractivity contribution is 9.10. The standard InChI is InChI=1S/C13H12BrN3O3S/c1-21(19,20)12-5-3-9(7-16-12)17-13(18)8-2-4-10(14)11(15)6-8/h2-7H,15H2,1H3,(H,17,18). The first-order valence-electron chi connectivity index (χ1n) is 5.80. The maximum Gasteiger partial charge on any atom is 0.255 e.